The molecule has 5 heteroatoms. The molecule has 5 aromatic carbocycles. The van der Waals surface area contributed by atoms with Gasteiger partial charge in [0, 0.05) is 0 Å². The first-order valence-electron chi connectivity index (χ1n) is 13.1. The van der Waals surface area contributed by atoms with Crippen molar-refractivity contribution in [3.63, 3.8) is 0 Å². The summed E-state index contributed by atoms with van der Waals surface area (Å²) in [6, 6.07) is 46.6. The number of hydrogen-bond donors (Lipinski definition) is 0. The second-order valence-corrected chi connectivity index (χ2v) is 13.9. The Morgan fingerprint density at radius 2 is 0.950 bits per heavy atom. The highest BCUT2D eigenvalue weighted by Crippen LogP contribution is 2.32. The molecule has 0 heterocycles. The van der Waals surface area contributed by atoms with Crippen LogP contribution < -0.4 is 0 Å². The van der Waals surface area contributed by atoms with Crippen molar-refractivity contribution in [2.75, 3.05) is 0 Å². The number of benzene rings is 5. The molecule has 0 spiro atoms. The fourth-order valence-corrected chi connectivity index (χ4v) is 6.77. The molecular weight excluding hydrogens is 533 g/mol. The summed E-state index contributed by atoms with van der Waals surface area (Å²) in [5, 5.41) is 0. The highest BCUT2D eigenvalue weighted by molar-refractivity contribution is 7.97. The molecule has 0 amide bonds. The summed E-state index contributed by atoms with van der Waals surface area (Å²) in [5.41, 5.74) is 3.69. The lowest BCUT2D eigenvalue weighted by Crippen LogP contribution is -2.11. The number of hydrogen-bond acceptors (Lipinski definition) is 3. The van der Waals surface area contributed by atoms with E-state index in [1.807, 2.05) is 30.3 Å². The van der Waals surface area contributed by atoms with Gasteiger partial charge in [-0.1, -0.05) is 112 Å². The lowest BCUT2D eigenvalue weighted by molar-refractivity contribution is 0.463. The van der Waals surface area contributed by atoms with Crippen molar-refractivity contribution in [2.45, 2.75) is 52.2 Å². The Morgan fingerprint density at radius 3 is 1.38 bits per heavy atom. The van der Waals surface area contributed by atoms with Crippen LogP contribution in [0.15, 0.2) is 159 Å². The van der Waals surface area contributed by atoms with Crippen LogP contribution >= 0.6 is 0 Å². The summed E-state index contributed by atoms with van der Waals surface area (Å²) in [6.07, 6.45) is 0.722. The molecular formula is C35H34O3S2. The van der Waals surface area contributed by atoms with E-state index in [2.05, 4.69) is 106 Å². The van der Waals surface area contributed by atoms with Crippen LogP contribution in [0.2, 0.25) is 0 Å². The fraction of sp³-hybridized carbons (Fsp3) is 0.143. The SMILES string of the molecule is CC(C)(C)c1ccc([S+](c2ccccc2)c2ccccc2)cc1.O=S(=O)([O-])c1ccc(Cc2ccccc2)cc1. The van der Waals surface area contributed by atoms with Gasteiger partial charge in [-0.15, -0.1) is 0 Å². The molecule has 0 bridgehead atoms. The van der Waals surface area contributed by atoms with Crippen LogP contribution in [0.1, 0.15) is 37.5 Å². The fourth-order valence-electron chi connectivity index (χ4n) is 4.22. The second kappa shape index (κ2) is 13.1. The summed E-state index contributed by atoms with van der Waals surface area (Å²) in [7, 11) is -4.39. The van der Waals surface area contributed by atoms with Gasteiger partial charge in [-0.2, -0.15) is 0 Å². The summed E-state index contributed by atoms with van der Waals surface area (Å²) in [6.45, 7) is 6.78. The molecule has 40 heavy (non-hydrogen) atoms. The predicted molar refractivity (Wildman–Crippen MR) is 164 cm³/mol. The van der Waals surface area contributed by atoms with Crippen molar-refractivity contribution >= 4 is 21.0 Å². The van der Waals surface area contributed by atoms with Crippen molar-refractivity contribution < 1.29 is 13.0 Å². The molecule has 0 saturated heterocycles. The molecule has 5 rings (SSSR count). The van der Waals surface area contributed by atoms with Crippen molar-refractivity contribution in [3.05, 3.63) is 156 Å². The topological polar surface area (TPSA) is 57.2 Å². The van der Waals surface area contributed by atoms with Gasteiger partial charge in [0.1, 0.15) is 10.1 Å². The largest absolute Gasteiger partial charge is 0.744 e. The average molecular weight is 567 g/mol. The highest BCUT2D eigenvalue weighted by Gasteiger charge is 2.28. The van der Waals surface area contributed by atoms with Crippen LogP contribution in [0, 0.1) is 0 Å². The smallest absolute Gasteiger partial charge is 0.166 e. The molecule has 204 valence electrons. The quantitative estimate of drug-likeness (QED) is 0.154. The minimum absolute atomic E-state index is 0.0497. The maximum atomic E-state index is 10.7. The Labute approximate surface area is 241 Å². The van der Waals surface area contributed by atoms with Crippen LogP contribution in [0.25, 0.3) is 0 Å². The van der Waals surface area contributed by atoms with E-state index in [1.165, 1.54) is 32.4 Å². The molecule has 5 aromatic rings. The van der Waals surface area contributed by atoms with Crippen LogP contribution in [0.3, 0.4) is 0 Å². The molecule has 0 saturated carbocycles. The maximum absolute atomic E-state index is 10.7. The molecule has 0 aliphatic heterocycles. The Morgan fingerprint density at radius 1 is 0.550 bits per heavy atom. The van der Waals surface area contributed by atoms with E-state index in [0.29, 0.717) is 0 Å². The number of rotatable bonds is 6. The van der Waals surface area contributed by atoms with Crippen molar-refractivity contribution in [1.29, 1.82) is 0 Å². The first kappa shape index (κ1) is 29.3. The molecule has 0 fully saturated rings. The molecule has 0 aliphatic carbocycles. The van der Waals surface area contributed by atoms with Gasteiger partial charge in [0.2, 0.25) is 0 Å². The molecule has 3 nitrogen and oxygen atoms in total. The van der Waals surface area contributed by atoms with Crippen LogP contribution in [0.4, 0.5) is 0 Å². The summed E-state index contributed by atoms with van der Waals surface area (Å²) in [4.78, 5) is 3.91. The normalized spacial score (nSPS) is 11.5. The third kappa shape index (κ3) is 8.18. The average Bonchev–Trinajstić information content (AvgIpc) is 2.95. The zero-order valence-electron chi connectivity index (χ0n) is 23.0. The van der Waals surface area contributed by atoms with Crippen LogP contribution in [-0.2, 0) is 32.8 Å². The van der Waals surface area contributed by atoms with Crippen molar-refractivity contribution in [2.24, 2.45) is 0 Å². The first-order chi connectivity index (χ1) is 19.1. The van der Waals surface area contributed by atoms with Gasteiger partial charge in [0.25, 0.3) is 0 Å². The molecule has 0 aromatic heterocycles. The zero-order chi connectivity index (χ0) is 28.6. The second-order valence-electron chi connectivity index (χ2n) is 10.5. The maximum Gasteiger partial charge on any atom is 0.166 e. The van der Waals surface area contributed by atoms with Gasteiger partial charge < -0.3 is 4.55 Å². The molecule has 0 unspecified atom stereocenters. The van der Waals surface area contributed by atoms with Gasteiger partial charge in [0.05, 0.1) is 15.8 Å². The van der Waals surface area contributed by atoms with E-state index < -0.39 is 10.1 Å². The van der Waals surface area contributed by atoms with E-state index in [4.69, 9.17) is 0 Å². The minimum Gasteiger partial charge on any atom is -0.744 e. The third-order valence-electron chi connectivity index (χ3n) is 6.38. The monoisotopic (exact) mass is 566 g/mol. The molecule has 0 aliphatic rings. The van der Waals surface area contributed by atoms with E-state index in [0.717, 1.165) is 17.5 Å². The minimum atomic E-state index is -4.34. The molecule has 0 atom stereocenters. The Balaban J connectivity index is 0.000000194. The van der Waals surface area contributed by atoms with Crippen molar-refractivity contribution in [3.8, 4) is 0 Å². The third-order valence-corrected chi connectivity index (χ3v) is 9.46. The van der Waals surface area contributed by atoms with E-state index >= 15 is 0 Å². The van der Waals surface area contributed by atoms with Gasteiger partial charge in [-0.25, -0.2) is 8.42 Å². The highest BCUT2D eigenvalue weighted by atomic mass is 32.2. The first-order valence-corrected chi connectivity index (χ1v) is 15.8. The van der Waals surface area contributed by atoms with Gasteiger partial charge in [-0.3, -0.25) is 0 Å². The summed E-state index contributed by atoms with van der Waals surface area (Å²) < 4.78 is 32.2. The Bertz CT molecular complexity index is 1540. The van der Waals surface area contributed by atoms with E-state index in [1.54, 1.807) is 12.1 Å². The molecule has 0 radical (unpaired) electrons. The van der Waals surface area contributed by atoms with E-state index in [-0.39, 0.29) is 21.2 Å². The van der Waals surface area contributed by atoms with E-state index in [9.17, 15) is 13.0 Å². The predicted octanol–water partition coefficient (Wildman–Crippen LogP) is 8.26. The van der Waals surface area contributed by atoms with Gasteiger partial charge >= 0.3 is 0 Å². The summed E-state index contributed by atoms with van der Waals surface area (Å²) in [5.74, 6) is 0. The Kier molecular flexibility index (Phi) is 9.64. The zero-order valence-corrected chi connectivity index (χ0v) is 24.7. The molecule has 0 N–H and O–H groups in total. The standard InChI is InChI=1S/C22H23S.C13H12O3S/c1-22(2,3)18-14-16-21(17-15-18)23(19-10-6-4-7-11-19)20-12-8-5-9-13-20;14-17(15,16)13-8-6-12(7-9-13)10-11-4-2-1-3-5-11/h4-17H,1-3H3;1-9H,10H2,(H,14,15,16)/q+1;/p-1. The Hall–Kier alpha value is -3.64. The lowest BCUT2D eigenvalue weighted by Gasteiger charge is -2.19. The van der Waals surface area contributed by atoms with Crippen molar-refractivity contribution in [1.82, 2.24) is 0 Å². The van der Waals surface area contributed by atoms with Crippen LogP contribution in [0.5, 0.6) is 0 Å². The summed E-state index contributed by atoms with van der Waals surface area (Å²) >= 11 is 0. The van der Waals surface area contributed by atoms with Gasteiger partial charge in [-0.05, 0) is 77.1 Å². The van der Waals surface area contributed by atoms with Crippen LogP contribution in [-0.4, -0.2) is 13.0 Å². The lowest BCUT2D eigenvalue weighted by atomic mass is 9.87. The van der Waals surface area contributed by atoms with Gasteiger partial charge in [0.15, 0.2) is 14.7 Å².